The van der Waals surface area contributed by atoms with Crippen LogP contribution in [-0.2, 0) is 18.8 Å². The molecule has 0 spiro atoms. The van der Waals surface area contributed by atoms with Crippen LogP contribution in [0.25, 0.3) is 0 Å². The first-order chi connectivity index (χ1) is 11.2. The van der Waals surface area contributed by atoms with Crippen LogP contribution in [0.1, 0.15) is 47.0 Å². The lowest BCUT2D eigenvalue weighted by molar-refractivity contribution is -0.149. The number of ether oxygens (including phenoxy) is 2. The molecule has 1 heterocycles. The molecule has 1 aliphatic heterocycles. The maximum atomic E-state index is 12.5. The zero-order valence-electron chi connectivity index (χ0n) is 14.7. The summed E-state index contributed by atoms with van der Waals surface area (Å²) in [4.78, 5) is 45.8. The highest BCUT2D eigenvalue weighted by molar-refractivity contribution is 7.53. The second-order valence-corrected chi connectivity index (χ2v) is 7.82. The van der Waals surface area contributed by atoms with E-state index in [-0.39, 0.29) is 32.6 Å². The summed E-state index contributed by atoms with van der Waals surface area (Å²) in [7, 11) is -4.51. The predicted octanol–water partition coefficient (Wildman–Crippen LogP) is 2.13. The van der Waals surface area contributed by atoms with Crippen LogP contribution in [0.4, 0.5) is 4.79 Å². The summed E-state index contributed by atoms with van der Waals surface area (Å²) in [6.45, 7) is 7.17. The van der Waals surface area contributed by atoms with E-state index < -0.39 is 36.8 Å². The number of nitrogens with zero attached hydrogens (tertiary/aromatic N) is 1. The van der Waals surface area contributed by atoms with Crippen molar-refractivity contribution in [2.75, 3.05) is 19.8 Å². The van der Waals surface area contributed by atoms with E-state index in [9.17, 15) is 23.9 Å². The van der Waals surface area contributed by atoms with E-state index in [4.69, 9.17) is 9.47 Å². The third-order valence-corrected chi connectivity index (χ3v) is 7.05. The minimum absolute atomic E-state index is 0.125. The van der Waals surface area contributed by atoms with Gasteiger partial charge in [-0.25, -0.2) is 9.59 Å². The van der Waals surface area contributed by atoms with E-state index in [2.05, 4.69) is 0 Å². The molecule has 9 heteroatoms. The van der Waals surface area contributed by atoms with E-state index >= 15 is 0 Å². The molecule has 0 aliphatic carbocycles. The number of likely N-dealkylation sites (tertiary alicyclic amines) is 1. The van der Waals surface area contributed by atoms with Crippen molar-refractivity contribution in [1.29, 1.82) is 0 Å². The summed E-state index contributed by atoms with van der Waals surface area (Å²) < 4.78 is 22.3. The third kappa shape index (κ3) is 3.76. The Balaban J connectivity index is 3.31. The average Bonchev–Trinajstić information content (AvgIpc) is 2.93. The largest absolute Gasteiger partial charge is 0.464 e. The fraction of sp³-hybridized carbons (Fsp3) is 0.867. The Morgan fingerprint density at radius 2 is 1.67 bits per heavy atom. The first-order valence-electron chi connectivity index (χ1n) is 8.35. The predicted molar refractivity (Wildman–Crippen MR) is 87.6 cm³/mol. The summed E-state index contributed by atoms with van der Waals surface area (Å²) in [5.74, 6) is -1.33. The Labute approximate surface area is 142 Å². The summed E-state index contributed by atoms with van der Waals surface area (Å²) in [5, 5.41) is -1.37. The minimum Gasteiger partial charge on any atom is -0.464 e. The number of esters is 1. The Morgan fingerprint density at radius 1 is 1.12 bits per heavy atom. The molecule has 0 radical (unpaired) electrons. The lowest BCUT2D eigenvalue weighted by Gasteiger charge is -2.40. The molecule has 0 saturated carbocycles. The number of hydrogen-bond donors (Lipinski definition) is 2. The van der Waals surface area contributed by atoms with Crippen molar-refractivity contribution in [2.24, 2.45) is 5.92 Å². The molecule has 8 nitrogen and oxygen atoms in total. The van der Waals surface area contributed by atoms with Gasteiger partial charge in [-0.2, -0.15) is 0 Å². The van der Waals surface area contributed by atoms with Crippen LogP contribution in [0.5, 0.6) is 0 Å². The maximum Gasteiger partial charge on any atom is 0.410 e. The van der Waals surface area contributed by atoms with Gasteiger partial charge < -0.3 is 19.3 Å². The standard InChI is InChI=1S/C15H28NO7P/c1-5-15(6-2,24(19,20)21)11-9-10-16(14(18)23-8-4)12(11)13(17)22-7-3/h11-12H,5-10H2,1-4H3,(H2,19,20,21). The van der Waals surface area contributed by atoms with Crippen molar-refractivity contribution in [2.45, 2.75) is 58.2 Å². The van der Waals surface area contributed by atoms with E-state index in [1.54, 1.807) is 27.7 Å². The highest BCUT2D eigenvalue weighted by Gasteiger charge is 2.58. The molecule has 1 fully saturated rings. The number of amides is 1. The Morgan fingerprint density at radius 3 is 2.08 bits per heavy atom. The van der Waals surface area contributed by atoms with Gasteiger partial charge in [0.15, 0.2) is 0 Å². The second kappa shape index (κ2) is 8.32. The van der Waals surface area contributed by atoms with Gasteiger partial charge in [0.05, 0.1) is 18.4 Å². The van der Waals surface area contributed by atoms with Gasteiger partial charge in [0.1, 0.15) is 6.04 Å². The Kier molecular flexibility index (Phi) is 7.25. The first kappa shape index (κ1) is 20.9. The first-order valence-corrected chi connectivity index (χ1v) is 9.96. The topological polar surface area (TPSA) is 113 Å². The quantitative estimate of drug-likeness (QED) is 0.525. The van der Waals surface area contributed by atoms with Gasteiger partial charge in [-0.05, 0) is 33.1 Å². The van der Waals surface area contributed by atoms with Crippen molar-refractivity contribution in [1.82, 2.24) is 4.90 Å². The Hall–Kier alpha value is -1.11. The molecule has 140 valence electrons. The van der Waals surface area contributed by atoms with Crippen LogP contribution in [0.15, 0.2) is 0 Å². The fourth-order valence-electron chi connectivity index (χ4n) is 3.69. The zero-order valence-corrected chi connectivity index (χ0v) is 15.6. The highest BCUT2D eigenvalue weighted by atomic mass is 31.2. The van der Waals surface area contributed by atoms with Crippen molar-refractivity contribution in [3.05, 3.63) is 0 Å². The Bertz CT molecular complexity index is 500. The molecule has 0 bridgehead atoms. The normalized spacial score (nSPS) is 21.7. The van der Waals surface area contributed by atoms with Crippen molar-refractivity contribution >= 4 is 19.7 Å². The second-order valence-electron chi connectivity index (χ2n) is 5.84. The average molecular weight is 365 g/mol. The molecule has 2 N–H and O–H groups in total. The molecule has 24 heavy (non-hydrogen) atoms. The summed E-state index contributed by atoms with van der Waals surface area (Å²) in [5.41, 5.74) is 0. The maximum absolute atomic E-state index is 12.5. The molecule has 2 unspecified atom stereocenters. The molecule has 0 aromatic heterocycles. The van der Waals surface area contributed by atoms with Gasteiger partial charge >= 0.3 is 19.7 Å². The molecule has 1 amide bonds. The van der Waals surface area contributed by atoms with Crippen LogP contribution in [0.2, 0.25) is 0 Å². The fourth-order valence-corrected chi connectivity index (χ4v) is 5.21. The van der Waals surface area contributed by atoms with Gasteiger partial charge in [0.2, 0.25) is 0 Å². The molecule has 0 aromatic rings. The van der Waals surface area contributed by atoms with E-state index in [0.717, 1.165) is 0 Å². The van der Waals surface area contributed by atoms with Crippen LogP contribution in [-0.4, -0.2) is 57.7 Å². The van der Waals surface area contributed by atoms with Gasteiger partial charge in [-0.15, -0.1) is 0 Å². The number of hydrogen-bond acceptors (Lipinski definition) is 5. The van der Waals surface area contributed by atoms with Gasteiger partial charge in [0.25, 0.3) is 0 Å². The summed E-state index contributed by atoms with van der Waals surface area (Å²) in [6.07, 6.45) is 0.0513. The van der Waals surface area contributed by atoms with E-state index in [0.29, 0.717) is 6.42 Å². The number of carbonyl (C=O) groups excluding carboxylic acids is 2. The van der Waals surface area contributed by atoms with Crippen molar-refractivity contribution < 1.29 is 33.4 Å². The number of carbonyl (C=O) groups is 2. The molecule has 1 rings (SSSR count). The van der Waals surface area contributed by atoms with E-state index in [1.165, 1.54) is 4.90 Å². The SMILES string of the molecule is CCOC(=O)C1C(C(CC)(CC)P(=O)(O)O)CCN1C(=O)OCC. The van der Waals surface area contributed by atoms with Crippen LogP contribution in [0.3, 0.4) is 0 Å². The van der Waals surface area contributed by atoms with Crippen molar-refractivity contribution in [3.8, 4) is 0 Å². The number of rotatable bonds is 7. The monoisotopic (exact) mass is 365 g/mol. The third-order valence-electron chi connectivity index (χ3n) is 4.92. The van der Waals surface area contributed by atoms with Gasteiger partial charge in [0, 0.05) is 12.5 Å². The lowest BCUT2D eigenvalue weighted by Crippen LogP contribution is -2.51. The lowest BCUT2D eigenvalue weighted by atomic mass is 9.81. The molecule has 0 aromatic carbocycles. The van der Waals surface area contributed by atoms with Crippen LogP contribution in [0, 0.1) is 5.92 Å². The summed E-state index contributed by atoms with van der Waals surface area (Å²) in [6, 6.07) is -1.04. The molecular formula is C15H28NO7P. The van der Waals surface area contributed by atoms with Crippen molar-refractivity contribution in [3.63, 3.8) is 0 Å². The smallest absolute Gasteiger partial charge is 0.410 e. The van der Waals surface area contributed by atoms with Gasteiger partial charge in [-0.1, -0.05) is 13.8 Å². The van der Waals surface area contributed by atoms with E-state index in [1.807, 2.05) is 0 Å². The molecule has 1 saturated heterocycles. The molecular weight excluding hydrogens is 337 g/mol. The highest BCUT2D eigenvalue weighted by Crippen LogP contribution is 2.61. The molecule has 2 atom stereocenters. The summed E-state index contributed by atoms with van der Waals surface area (Å²) >= 11 is 0. The zero-order chi connectivity index (χ0) is 18.5. The van der Waals surface area contributed by atoms with Crippen LogP contribution >= 0.6 is 7.60 Å². The molecule has 1 aliphatic rings. The van der Waals surface area contributed by atoms with Gasteiger partial charge in [-0.3, -0.25) is 9.46 Å². The van der Waals surface area contributed by atoms with Crippen LogP contribution < -0.4 is 0 Å². The minimum atomic E-state index is -4.51.